The first-order valence-corrected chi connectivity index (χ1v) is 7.47. The van der Waals surface area contributed by atoms with Gasteiger partial charge in [0.15, 0.2) is 0 Å². The third-order valence-corrected chi connectivity index (χ3v) is 3.99. The van der Waals surface area contributed by atoms with Crippen LogP contribution in [0.4, 0.5) is 10.1 Å². The molecule has 0 spiro atoms. The minimum atomic E-state index is -0.552. The molecule has 0 atom stereocenters. The normalized spacial score (nSPS) is 14.7. The number of nitrogens with zero attached hydrogens (tertiary/aromatic N) is 3. The number of aromatic nitrogens is 1. The summed E-state index contributed by atoms with van der Waals surface area (Å²) in [5, 5.41) is 0. The summed E-state index contributed by atoms with van der Waals surface area (Å²) in [6.45, 7) is 2.44. The molecule has 0 bridgehead atoms. The van der Waals surface area contributed by atoms with Gasteiger partial charge in [0.05, 0.1) is 19.0 Å². The molecule has 0 N–H and O–H groups in total. The summed E-state index contributed by atoms with van der Waals surface area (Å²) in [5.74, 6) is -0.612. The zero-order chi connectivity index (χ0) is 16.2. The molecule has 1 fully saturated rings. The van der Waals surface area contributed by atoms with Crippen molar-refractivity contribution in [2.24, 2.45) is 0 Å². The summed E-state index contributed by atoms with van der Waals surface area (Å²) in [7, 11) is 1.44. The third-order valence-electron chi connectivity index (χ3n) is 3.99. The fourth-order valence-electron chi connectivity index (χ4n) is 2.75. The molecule has 1 aliphatic rings. The van der Waals surface area contributed by atoms with Crippen molar-refractivity contribution in [3.05, 3.63) is 54.1 Å². The van der Waals surface area contributed by atoms with Crippen LogP contribution in [0.3, 0.4) is 0 Å². The Morgan fingerprint density at radius 3 is 2.61 bits per heavy atom. The molecule has 0 saturated carbocycles. The molecule has 6 heteroatoms. The largest absolute Gasteiger partial charge is 0.496 e. The van der Waals surface area contributed by atoms with E-state index in [4.69, 9.17) is 4.74 Å². The number of piperazine rings is 1. The Morgan fingerprint density at radius 1 is 1.17 bits per heavy atom. The summed E-state index contributed by atoms with van der Waals surface area (Å²) in [5.41, 5.74) is 1.04. The summed E-state index contributed by atoms with van der Waals surface area (Å²) in [6, 6.07) is 8.29. The van der Waals surface area contributed by atoms with Gasteiger partial charge in [-0.05, 0) is 24.3 Å². The second-order valence-corrected chi connectivity index (χ2v) is 5.31. The number of hydrogen-bond donors (Lipinski definition) is 0. The predicted octanol–water partition coefficient (Wildman–Crippen LogP) is 2.19. The lowest BCUT2D eigenvalue weighted by Gasteiger charge is -2.36. The van der Waals surface area contributed by atoms with Crippen LogP contribution < -0.4 is 9.64 Å². The number of rotatable bonds is 3. The van der Waals surface area contributed by atoms with E-state index in [1.807, 2.05) is 12.1 Å². The average Bonchev–Trinajstić information content (AvgIpc) is 2.62. The number of carbonyl (C=O) groups is 1. The number of amides is 1. The Kier molecular flexibility index (Phi) is 4.41. The average molecular weight is 315 g/mol. The van der Waals surface area contributed by atoms with Gasteiger partial charge in [-0.3, -0.25) is 9.78 Å². The molecule has 0 radical (unpaired) electrons. The molecule has 120 valence electrons. The first kappa shape index (κ1) is 15.3. The van der Waals surface area contributed by atoms with Gasteiger partial charge in [0.1, 0.15) is 17.1 Å². The predicted molar refractivity (Wildman–Crippen MR) is 85.3 cm³/mol. The van der Waals surface area contributed by atoms with Crippen molar-refractivity contribution in [2.75, 3.05) is 38.2 Å². The van der Waals surface area contributed by atoms with Crippen molar-refractivity contribution in [3.8, 4) is 5.75 Å². The molecule has 0 aliphatic carbocycles. The Bertz CT molecular complexity index is 685. The zero-order valence-corrected chi connectivity index (χ0v) is 12.9. The molecule has 1 aliphatic heterocycles. The van der Waals surface area contributed by atoms with E-state index in [0.717, 1.165) is 5.69 Å². The van der Waals surface area contributed by atoms with Crippen molar-refractivity contribution in [2.45, 2.75) is 0 Å². The minimum absolute atomic E-state index is 0.00447. The van der Waals surface area contributed by atoms with E-state index >= 15 is 0 Å². The van der Waals surface area contributed by atoms with Crippen molar-refractivity contribution in [1.29, 1.82) is 0 Å². The van der Waals surface area contributed by atoms with Crippen LogP contribution in [0, 0.1) is 5.82 Å². The van der Waals surface area contributed by atoms with Crippen LogP contribution in [-0.2, 0) is 0 Å². The van der Waals surface area contributed by atoms with E-state index in [1.165, 1.54) is 19.2 Å². The van der Waals surface area contributed by atoms with Crippen LogP contribution >= 0.6 is 0 Å². The molecule has 1 amide bonds. The van der Waals surface area contributed by atoms with Crippen molar-refractivity contribution < 1.29 is 13.9 Å². The summed E-state index contributed by atoms with van der Waals surface area (Å²) >= 11 is 0. The van der Waals surface area contributed by atoms with Gasteiger partial charge >= 0.3 is 0 Å². The van der Waals surface area contributed by atoms with Gasteiger partial charge in [-0.15, -0.1) is 0 Å². The van der Waals surface area contributed by atoms with Gasteiger partial charge in [0.2, 0.25) is 0 Å². The molecule has 5 nitrogen and oxygen atoms in total. The van der Waals surface area contributed by atoms with E-state index in [0.29, 0.717) is 26.2 Å². The second-order valence-electron chi connectivity index (χ2n) is 5.31. The molecule has 0 unspecified atom stereocenters. The summed E-state index contributed by atoms with van der Waals surface area (Å²) < 4.78 is 19.2. The molecule has 2 heterocycles. The number of hydrogen-bond acceptors (Lipinski definition) is 4. The quantitative estimate of drug-likeness (QED) is 0.871. The van der Waals surface area contributed by atoms with Crippen molar-refractivity contribution >= 4 is 11.6 Å². The summed E-state index contributed by atoms with van der Waals surface area (Å²) in [4.78, 5) is 20.5. The van der Waals surface area contributed by atoms with Gasteiger partial charge < -0.3 is 14.5 Å². The molecule has 23 heavy (non-hydrogen) atoms. The maximum atomic E-state index is 14.0. The lowest BCUT2D eigenvalue weighted by atomic mass is 10.1. The highest BCUT2D eigenvalue weighted by Crippen LogP contribution is 2.24. The van der Waals surface area contributed by atoms with Crippen molar-refractivity contribution in [1.82, 2.24) is 9.88 Å². The van der Waals surface area contributed by atoms with E-state index in [1.54, 1.807) is 23.4 Å². The maximum Gasteiger partial charge on any atom is 0.260 e. The van der Waals surface area contributed by atoms with Gasteiger partial charge in [-0.2, -0.15) is 0 Å². The van der Waals surface area contributed by atoms with Crippen LogP contribution in [0.2, 0.25) is 0 Å². The Balaban J connectivity index is 1.72. The van der Waals surface area contributed by atoms with E-state index in [-0.39, 0.29) is 17.2 Å². The molecule has 1 aromatic heterocycles. The van der Waals surface area contributed by atoms with Crippen LogP contribution in [0.5, 0.6) is 5.75 Å². The first-order chi connectivity index (χ1) is 11.2. The Labute approximate surface area is 134 Å². The number of ether oxygens (including phenoxy) is 1. The topological polar surface area (TPSA) is 45.7 Å². The van der Waals surface area contributed by atoms with Crippen LogP contribution in [0.1, 0.15) is 10.4 Å². The number of anilines is 1. The van der Waals surface area contributed by atoms with Crippen molar-refractivity contribution in [3.63, 3.8) is 0 Å². The standard InChI is InChI=1S/C17H18FN3O2/c1-23-15-6-2-5-14(18)16(15)17(22)21-10-8-20(9-11-21)13-4-3-7-19-12-13/h2-7,12H,8-11H2,1H3. The molecule has 1 saturated heterocycles. The highest BCUT2D eigenvalue weighted by Gasteiger charge is 2.26. The van der Waals surface area contributed by atoms with Gasteiger partial charge in [0, 0.05) is 32.4 Å². The van der Waals surface area contributed by atoms with Crippen LogP contribution in [0.25, 0.3) is 0 Å². The lowest BCUT2D eigenvalue weighted by Crippen LogP contribution is -2.49. The molecule has 2 aromatic rings. The molecular formula is C17H18FN3O2. The Morgan fingerprint density at radius 2 is 1.96 bits per heavy atom. The zero-order valence-electron chi connectivity index (χ0n) is 12.9. The number of benzene rings is 1. The van der Waals surface area contributed by atoms with Gasteiger partial charge in [-0.1, -0.05) is 6.07 Å². The lowest BCUT2D eigenvalue weighted by molar-refractivity contribution is 0.0738. The number of carbonyl (C=O) groups excluding carboxylic acids is 1. The second kappa shape index (κ2) is 6.64. The number of methoxy groups -OCH3 is 1. The van der Waals surface area contributed by atoms with E-state index < -0.39 is 5.82 Å². The van der Waals surface area contributed by atoms with E-state index in [9.17, 15) is 9.18 Å². The van der Waals surface area contributed by atoms with Gasteiger partial charge in [0.25, 0.3) is 5.91 Å². The molecular weight excluding hydrogens is 297 g/mol. The highest BCUT2D eigenvalue weighted by molar-refractivity contribution is 5.97. The Hall–Kier alpha value is -2.63. The SMILES string of the molecule is COc1cccc(F)c1C(=O)N1CCN(c2cccnc2)CC1. The van der Waals surface area contributed by atoms with Crippen LogP contribution in [-0.4, -0.2) is 49.1 Å². The highest BCUT2D eigenvalue weighted by atomic mass is 19.1. The first-order valence-electron chi connectivity index (χ1n) is 7.47. The molecule has 1 aromatic carbocycles. The van der Waals surface area contributed by atoms with Crippen LogP contribution in [0.15, 0.2) is 42.7 Å². The van der Waals surface area contributed by atoms with E-state index in [2.05, 4.69) is 9.88 Å². The van der Waals surface area contributed by atoms with Gasteiger partial charge in [-0.25, -0.2) is 4.39 Å². The molecule has 3 rings (SSSR count). The smallest absolute Gasteiger partial charge is 0.260 e. The maximum absolute atomic E-state index is 14.0. The minimum Gasteiger partial charge on any atom is -0.496 e. The monoisotopic (exact) mass is 315 g/mol. The number of halogens is 1. The number of pyridine rings is 1. The fourth-order valence-corrected chi connectivity index (χ4v) is 2.75. The fraction of sp³-hybridized carbons (Fsp3) is 0.294. The third kappa shape index (κ3) is 3.11. The summed E-state index contributed by atoms with van der Waals surface area (Å²) in [6.07, 6.45) is 3.53.